The van der Waals surface area contributed by atoms with Gasteiger partial charge in [-0.2, -0.15) is 0 Å². The van der Waals surface area contributed by atoms with E-state index in [4.69, 9.17) is 0 Å². The Balaban J connectivity index is 1.50. The Labute approximate surface area is 145 Å². The minimum Gasteiger partial charge on any atom is -0.306 e. The van der Waals surface area contributed by atoms with Crippen LogP contribution < -0.4 is 5.69 Å². The number of amides is 2. The normalized spacial score (nSPS) is 23.1. The number of para-hydroxylation sites is 2. The van der Waals surface area contributed by atoms with Gasteiger partial charge >= 0.3 is 5.69 Å². The fraction of sp³-hybridized carbons (Fsp3) is 0.500. The highest BCUT2D eigenvalue weighted by molar-refractivity contribution is 6.05. The number of carbonyl (C=O) groups excluding carboxylic acids is 2. The predicted molar refractivity (Wildman–Crippen MR) is 93.2 cm³/mol. The van der Waals surface area contributed by atoms with Crippen LogP contribution in [0.1, 0.15) is 32.2 Å². The standard InChI is InChI=1S/C18H22N4O3/c1-2-21-16(23)11-15(17(21)24)20-9-7-12(8-10-20)22-14-6-4-3-5-13(14)19-18(22)25/h3-6,12,15H,2,7-11H2,1H3,(H,19,25)/t15-/m0/s1. The summed E-state index contributed by atoms with van der Waals surface area (Å²) in [5.74, 6) is -0.150. The van der Waals surface area contributed by atoms with Gasteiger partial charge in [-0.3, -0.25) is 24.0 Å². The first-order valence-corrected chi connectivity index (χ1v) is 8.87. The number of imide groups is 1. The van der Waals surface area contributed by atoms with Crippen molar-refractivity contribution in [3.63, 3.8) is 0 Å². The second kappa shape index (κ2) is 6.15. The monoisotopic (exact) mass is 342 g/mol. The van der Waals surface area contributed by atoms with Gasteiger partial charge in [-0.05, 0) is 31.9 Å². The fourth-order valence-electron chi connectivity index (χ4n) is 4.18. The number of likely N-dealkylation sites (tertiary alicyclic amines) is 2. The summed E-state index contributed by atoms with van der Waals surface area (Å²) < 4.78 is 1.84. The Bertz CT molecular complexity index is 876. The summed E-state index contributed by atoms with van der Waals surface area (Å²) in [6, 6.07) is 7.50. The lowest BCUT2D eigenvalue weighted by Gasteiger charge is -2.35. The fourth-order valence-corrected chi connectivity index (χ4v) is 4.18. The Morgan fingerprint density at radius 1 is 1.12 bits per heavy atom. The van der Waals surface area contributed by atoms with Crippen molar-refractivity contribution >= 4 is 22.8 Å². The van der Waals surface area contributed by atoms with E-state index in [-0.39, 0.29) is 36.0 Å². The van der Waals surface area contributed by atoms with Crippen LogP contribution in [0.25, 0.3) is 11.0 Å². The number of aromatic amines is 1. The van der Waals surface area contributed by atoms with Crippen molar-refractivity contribution in [3.05, 3.63) is 34.7 Å². The zero-order valence-corrected chi connectivity index (χ0v) is 14.3. The molecule has 2 aliphatic rings. The highest BCUT2D eigenvalue weighted by atomic mass is 16.2. The van der Waals surface area contributed by atoms with Crippen molar-refractivity contribution in [2.75, 3.05) is 19.6 Å². The summed E-state index contributed by atoms with van der Waals surface area (Å²) in [4.78, 5) is 43.0. The molecule has 0 bridgehead atoms. The van der Waals surface area contributed by atoms with Crippen molar-refractivity contribution in [2.45, 2.75) is 38.3 Å². The first kappa shape index (κ1) is 16.1. The quantitative estimate of drug-likeness (QED) is 0.848. The van der Waals surface area contributed by atoms with E-state index in [2.05, 4.69) is 9.88 Å². The number of fused-ring (bicyclic) bond motifs is 1. The topological polar surface area (TPSA) is 78.4 Å². The minimum atomic E-state index is -0.326. The van der Waals surface area contributed by atoms with Crippen LogP contribution in [0, 0.1) is 0 Å². The third-order valence-corrected chi connectivity index (χ3v) is 5.47. The van der Waals surface area contributed by atoms with Gasteiger partial charge in [0.1, 0.15) is 0 Å². The van der Waals surface area contributed by atoms with E-state index in [1.807, 2.05) is 35.8 Å². The van der Waals surface area contributed by atoms with Crippen molar-refractivity contribution < 1.29 is 9.59 Å². The molecule has 132 valence electrons. The van der Waals surface area contributed by atoms with E-state index in [0.717, 1.165) is 37.0 Å². The summed E-state index contributed by atoms with van der Waals surface area (Å²) in [7, 11) is 0. The SMILES string of the molecule is CCN1C(=O)C[C@H](N2CCC(n3c(=O)[nH]c4ccccc43)CC2)C1=O. The van der Waals surface area contributed by atoms with Crippen LogP contribution in [-0.2, 0) is 9.59 Å². The van der Waals surface area contributed by atoms with Gasteiger partial charge < -0.3 is 4.98 Å². The van der Waals surface area contributed by atoms with E-state index in [1.54, 1.807) is 0 Å². The number of carbonyl (C=O) groups is 2. The zero-order chi connectivity index (χ0) is 17.6. The molecule has 7 nitrogen and oxygen atoms in total. The number of rotatable bonds is 3. The van der Waals surface area contributed by atoms with E-state index >= 15 is 0 Å². The molecule has 0 aliphatic carbocycles. The van der Waals surface area contributed by atoms with Crippen LogP contribution >= 0.6 is 0 Å². The molecule has 2 fully saturated rings. The number of aromatic nitrogens is 2. The molecule has 0 radical (unpaired) electrons. The number of imidazole rings is 1. The molecule has 0 saturated carbocycles. The smallest absolute Gasteiger partial charge is 0.306 e. The molecular formula is C18H22N4O3. The lowest BCUT2D eigenvalue weighted by Crippen LogP contribution is -2.46. The molecule has 2 aromatic rings. The molecular weight excluding hydrogens is 320 g/mol. The van der Waals surface area contributed by atoms with Crippen LogP contribution in [0.3, 0.4) is 0 Å². The third kappa shape index (κ3) is 2.59. The maximum Gasteiger partial charge on any atom is 0.326 e. The second-order valence-corrected chi connectivity index (χ2v) is 6.78. The minimum absolute atomic E-state index is 0.0739. The molecule has 25 heavy (non-hydrogen) atoms. The van der Waals surface area contributed by atoms with Gasteiger partial charge in [0.05, 0.1) is 23.5 Å². The van der Waals surface area contributed by atoms with Crippen LogP contribution in [0.15, 0.2) is 29.1 Å². The van der Waals surface area contributed by atoms with Crippen LogP contribution in [0.5, 0.6) is 0 Å². The van der Waals surface area contributed by atoms with Crippen molar-refractivity contribution in [2.24, 2.45) is 0 Å². The summed E-state index contributed by atoms with van der Waals surface area (Å²) in [5, 5.41) is 0. The lowest BCUT2D eigenvalue weighted by atomic mass is 10.0. The highest BCUT2D eigenvalue weighted by Crippen LogP contribution is 2.28. The molecule has 2 aliphatic heterocycles. The van der Waals surface area contributed by atoms with Gasteiger partial charge in [-0.1, -0.05) is 12.1 Å². The molecule has 2 saturated heterocycles. The molecule has 3 heterocycles. The van der Waals surface area contributed by atoms with Crippen LogP contribution in [0.2, 0.25) is 0 Å². The van der Waals surface area contributed by atoms with Crippen LogP contribution in [-0.4, -0.2) is 56.8 Å². The first-order chi connectivity index (χ1) is 12.1. The molecule has 1 atom stereocenters. The van der Waals surface area contributed by atoms with Crippen molar-refractivity contribution in [1.82, 2.24) is 19.4 Å². The number of piperidine rings is 1. The number of nitrogens with one attached hydrogen (secondary N) is 1. The van der Waals surface area contributed by atoms with E-state index in [9.17, 15) is 14.4 Å². The molecule has 7 heteroatoms. The molecule has 4 rings (SSSR count). The Kier molecular flexibility index (Phi) is 3.95. The summed E-state index contributed by atoms with van der Waals surface area (Å²) in [5.41, 5.74) is 1.70. The number of likely N-dealkylation sites (N-methyl/N-ethyl adjacent to an activating group) is 1. The van der Waals surface area contributed by atoms with Gasteiger partial charge in [0.2, 0.25) is 11.8 Å². The number of nitrogens with zero attached hydrogens (tertiary/aromatic N) is 3. The largest absolute Gasteiger partial charge is 0.326 e. The maximum absolute atomic E-state index is 12.4. The van der Waals surface area contributed by atoms with Crippen LogP contribution in [0.4, 0.5) is 0 Å². The maximum atomic E-state index is 12.4. The third-order valence-electron chi connectivity index (χ3n) is 5.47. The van der Waals surface area contributed by atoms with E-state index in [1.165, 1.54) is 4.90 Å². The van der Waals surface area contributed by atoms with Gasteiger partial charge in [-0.25, -0.2) is 4.79 Å². The van der Waals surface area contributed by atoms with Gasteiger partial charge in [-0.15, -0.1) is 0 Å². The number of hydrogen-bond acceptors (Lipinski definition) is 4. The first-order valence-electron chi connectivity index (χ1n) is 8.87. The Morgan fingerprint density at radius 2 is 1.84 bits per heavy atom. The van der Waals surface area contributed by atoms with E-state index < -0.39 is 0 Å². The molecule has 0 unspecified atom stereocenters. The molecule has 0 spiro atoms. The van der Waals surface area contributed by atoms with Gasteiger partial charge in [0.15, 0.2) is 0 Å². The Morgan fingerprint density at radius 3 is 2.52 bits per heavy atom. The van der Waals surface area contributed by atoms with Gasteiger partial charge in [0.25, 0.3) is 0 Å². The molecule has 1 aromatic carbocycles. The number of benzene rings is 1. The molecule has 2 amide bonds. The molecule has 1 N–H and O–H groups in total. The number of hydrogen-bond donors (Lipinski definition) is 1. The summed E-state index contributed by atoms with van der Waals surface area (Å²) in [6.07, 6.45) is 1.88. The summed E-state index contributed by atoms with van der Waals surface area (Å²) in [6.45, 7) is 3.71. The summed E-state index contributed by atoms with van der Waals surface area (Å²) >= 11 is 0. The van der Waals surface area contributed by atoms with Crippen molar-refractivity contribution in [3.8, 4) is 0 Å². The number of H-pyrrole nitrogens is 1. The van der Waals surface area contributed by atoms with Crippen molar-refractivity contribution in [1.29, 1.82) is 0 Å². The second-order valence-electron chi connectivity index (χ2n) is 6.78. The Hall–Kier alpha value is -2.41. The molecule has 1 aromatic heterocycles. The average Bonchev–Trinajstić information content (AvgIpc) is 3.10. The van der Waals surface area contributed by atoms with E-state index in [0.29, 0.717) is 6.54 Å². The highest BCUT2D eigenvalue weighted by Gasteiger charge is 2.42. The van der Waals surface area contributed by atoms with Gasteiger partial charge in [0, 0.05) is 25.7 Å². The average molecular weight is 342 g/mol. The lowest BCUT2D eigenvalue weighted by molar-refractivity contribution is -0.139. The zero-order valence-electron chi connectivity index (χ0n) is 14.3. The predicted octanol–water partition coefficient (Wildman–Crippen LogP) is 1.11.